The molecule has 0 aliphatic carbocycles. The molecule has 0 heterocycles. The van der Waals surface area contributed by atoms with Crippen molar-refractivity contribution in [3.8, 4) is 0 Å². The third kappa shape index (κ3) is 3.32. The summed E-state index contributed by atoms with van der Waals surface area (Å²) in [4.78, 5) is 0. The lowest BCUT2D eigenvalue weighted by Gasteiger charge is -2.19. The summed E-state index contributed by atoms with van der Waals surface area (Å²) in [7, 11) is 0.919. The van der Waals surface area contributed by atoms with Crippen LogP contribution in [0.15, 0.2) is 0 Å². The molecular formula is C4H11BrO3Si. The van der Waals surface area contributed by atoms with Crippen molar-refractivity contribution in [3.63, 3.8) is 0 Å². The lowest BCUT2D eigenvalue weighted by Crippen LogP contribution is -2.39. The van der Waals surface area contributed by atoms with Crippen LogP contribution in [0.4, 0.5) is 0 Å². The molecule has 0 aromatic rings. The van der Waals surface area contributed by atoms with Crippen LogP contribution in [0, 0.1) is 0 Å². The summed E-state index contributed by atoms with van der Waals surface area (Å²) in [5.74, 6) is 0. The molecular weight excluding hydrogens is 204 g/mol. The minimum atomic E-state index is -2.24. The average molecular weight is 215 g/mol. The van der Waals surface area contributed by atoms with Gasteiger partial charge in [-0.3, -0.25) is 0 Å². The number of hydrogen-bond donors (Lipinski definition) is 0. The van der Waals surface area contributed by atoms with Crippen LogP contribution in [-0.4, -0.2) is 28.5 Å². The molecule has 9 heavy (non-hydrogen) atoms. The number of rotatable bonds is 4. The maximum atomic E-state index is 5.14. The van der Waals surface area contributed by atoms with Crippen molar-refractivity contribution in [3.05, 3.63) is 0 Å². The summed E-state index contributed by atoms with van der Waals surface area (Å²) >= 11 is 3.12. The zero-order chi connectivity index (χ0) is 7.33. The fourth-order valence-electron chi connectivity index (χ4n) is 0.300. The smallest absolute Gasteiger partial charge is 0.377 e. The Labute approximate surface area is 64.8 Å². The largest absolute Gasteiger partial charge is 0.497 e. The van der Waals surface area contributed by atoms with Crippen molar-refractivity contribution in [2.24, 2.45) is 0 Å². The van der Waals surface area contributed by atoms with E-state index in [0.29, 0.717) is 5.52 Å². The van der Waals surface area contributed by atoms with E-state index in [1.165, 1.54) is 0 Å². The quantitative estimate of drug-likeness (QED) is 0.521. The first-order valence-corrected chi connectivity index (χ1v) is 5.83. The highest BCUT2D eigenvalue weighted by Gasteiger charge is 2.30. The van der Waals surface area contributed by atoms with Crippen LogP contribution in [0.1, 0.15) is 0 Å². The molecule has 0 saturated carbocycles. The van der Waals surface area contributed by atoms with Crippen molar-refractivity contribution >= 4 is 24.7 Å². The molecule has 0 rings (SSSR count). The van der Waals surface area contributed by atoms with Gasteiger partial charge in [-0.2, -0.15) is 0 Å². The zero-order valence-corrected chi connectivity index (χ0v) is 8.40. The predicted molar refractivity (Wildman–Crippen MR) is 40.5 cm³/mol. The number of hydrogen-bond acceptors (Lipinski definition) is 3. The molecule has 0 N–H and O–H groups in total. The highest BCUT2D eigenvalue weighted by Crippen LogP contribution is 2.06. The summed E-state index contributed by atoms with van der Waals surface area (Å²) in [6.07, 6.45) is 0. The second kappa shape index (κ2) is 4.40. The molecule has 0 fully saturated rings. The highest BCUT2D eigenvalue weighted by molar-refractivity contribution is 9.09. The fraction of sp³-hybridized carbons (Fsp3) is 1.00. The van der Waals surface area contributed by atoms with Gasteiger partial charge < -0.3 is 13.3 Å². The van der Waals surface area contributed by atoms with E-state index < -0.39 is 8.80 Å². The molecule has 0 bridgehead atoms. The monoisotopic (exact) mass is 214 g/mol. The second-order valence-electron chi connectivity index (χ2n) is 1.52. The molecule has 0 radical (unpaired) electrons. The third-order valence-corrected chi connectivity index (χ3v) is 3.86. The summed E-state index contributed by atoms with van der Waals surface area (Å²) in [5.41, 5.74) is 0.456. The van der Waals surface area contributed by atoms with Crippen molar-refractivity contribution < 1.29 is 13.3 Å². The van der Waals surface area contributed by atoms with E-state index in [1.807, 2.05) is 6.55 Å². The van der Waals surface area contributed by atoms with Gasteiger partial charge in [-0.15, -0.1) is 0 Å². The number of alkyl halides is 1. The van der Waals surface area contributed by atoms with Gasteiger partial charge in [-0.1, -0.05) is 15.9 Å². The molecule has 0 aliphatic rings. The van der Waals surface area contributed by atoms with Gasteiger partial charge in [0.2, 0.25) is 0 Å². The molecule has 0 amide bonds. The van der Waals surface area contributed by atoms with Crippen LogP contribution in [0.3, 0.4) is 0 Å². The average Bonchev–Trinajstić information content (AvgIpc) is 1.89. The minimum absolute atomic E-state index is 0.456. The van der Waals surface area contributed by atoms with Crippen molar-refractivity contribution in [2.75, 3.05) is 19.7 Å². The molecule has 0 aromatic carbocycles. The highest BCUT2D eigenvalue weighted by atomic mass is 79.9. The van der Waals surface area contributed by atoms with E-state index in [4.69, 9.17) is 13.3 Å². The van der Waals surface area contributed by atoms with Gasteiger partial charge in [0.15, 0.2) is 0 Å². The second-order valence-corrected chi connectivity index (χ2v) is 4.81. The van der Waals surface area contributed by atoms with Crippen LogP contribution in [0.2, 0.25) is 6.55 Å². The van der Waals surface area contributed by atoms with Gasteiger partial charge in [-0.25, -0.2) is 0 Å². The van der Waals surface area contributed by atoms with Gasteiger partial charge in [-0.05, 0) is 0 Å². The topological polar surface area (TPSA) is 27.7 Å². The lowest BCUT2D eigenvalue weighted by molar-refractivity contribution is 0.127. The molecule has 0 saturated heterocycles. The summed E-state index contributed by atoms with van der Waals surface area (Å²) in [6.45, 7) is 1.83. The van der Waals surface area contributed by atoms with Crippen LogP contribution in [-0.2, 0) is 13.3 Å². The normalized spacial score (nSPS) is 12.0. The molecule has 0 aliphatic heterocycles. The molecule has 56 valence electrons. The van der Waals surface area contributed by atoms with E-state index in [0.717, 1.165) is 0 Å². The first kappa shape index (κ1) is 9.58. The van der Waals surface area contributed by atoms with Gasteiger partial charge >= 0.3 is 8.80 Å². The van der Waals surface area contributed by atoms with Gasteiger partial charge in [0, 0.05) is 20.8 Å². The third-order valence-electron chi connectivity index (χ3n) is 1.06. The lowest BCUT2D eigenvalue weighted by atomic mass is 11.8. The molecule has 0 aromatic heterocycles. The van der Waals surface area contributed by atoms with E-state index in [1.54, 1.807) is 14.2 Å². The maximum Gasteiger partial charge on any atom is 0.497 e. The minimum Gasteiger partial charge on any atom is -0.377 e. The van der Waals surface area contributed by atoms with E-state index in [-0.39, 0.29) is 0 Å². The van der Waals surface area contributed by atoms with Crippen LogP contribution >= 0.6 is 15.9 Å². The Hall–Kier alpha value is 0.577. The fourth-order valence-corrected chi connectivity index (χ4v) is 2.15. The molecule has 0 spiro atoms. The standard InChI is InChI=1S/C4H11BrO3Si/c1-6-9(3,7-2)8-4-5/h4H2,1-3H3. The summed E-state index contributed by atoms with van der Waals surface area (Å²) < 4.78 is 15.1. The Morgan fingerprint density at radius 3 is 1.89 bits per heavy atom. The van der Waals surface area contributed by atoms with Crippen molar-refractivity contribution in [2.45, 2.75) is 6.55 Å². The Balaban J connectivity index is 3.62. The summed E-state index contributed by atoms with van der Waals surface area (Å²) in [5, 5.41) is 0. The molecule has 0 atom stereocenters. The SMILES string of the molecule is CO[Si](C)(OC)OCBr. The Kier molecular flexibility index (Phi) is 4.68. The maximum absolute atomic E-state index is 5.14. The van der Waals surface area contributed by atoms with E-state index in [2.05, 4.69) is 15.9 Å². The first-order chi connectivity index (χ1) is 4.18. The van der Waals surface area contributed by atoms with Crippen LogP contribution < -0.4 is 0 Å². The predicted octanol–water partition coefficient (Wildman–Crippen LogP) is 1.22. The molecule has 3 nitrogen and oxygen atoms in total. The number of halogens is 1. The summed E-state index contributed by atoms with van der Waals surface area (Å²) in [6, 6.07) is 0. The first-order valence-electron chi connectivity index (χ1n) is 2.48. The van der Waals surface area contributed by atoms with Crippen LogP contribution in [0.5, 0.6) is 0 Å². The van der Waals surface area contributed by atoms with E-state index >= 15 is 0 Å². The Bertz CT molecular complexity index is 76.2. The van der Waals surface area contributed by atoms with Crippen molar-refractivity contribution in [1.29, 1.82) is 0 Å². The van der Waals surface area contributed by atoms with Crippen LogP contribution in [0.25, 0.3) is 0 Å². The van der Waals surface area contributed by atoms with E-state index in [9.17, 15) is 0 Å². The van der Waals surface area contributed by atoms with Gasteiger partial charge in [0.05, 0.1) is 5.52 Å². The van der Waals surface area contributed by atoms with Crippen molar-refractivity contribution in [1.82, 2.24) is 0 Å². The molecule has 5 heteroatoms. The zero-order valence-electron chi connectivity index (χ0n) is 5.81. The van der Waals surface area contributed by atoms with Gasteiger partial charge in [0.1, 0.15) is 0 Å². The Morgan fingerprint density at radius 2 is 1.78 bits per heavy atom. The molecule has 0 unspecified atom stereocenters. The Morgan fingerprint density at radius 1 is 1.33 bits per heavy atom. The van der Waals surface area contributed by atoms with Gasteiger partial charge in [0.25, 0.3) is 0 Å².